The standard InChI is InChI=1S/C31H36N4O4S.C31H35N4O4S.K/c2*1-19(2)13-23-18-39-27-15-26(28-20(3)7-5-8-21(28)4)32-30(33-27)34-40(37,38)25-10-6-9-22(14-25)29(36)35(23)24-16-31(17-24)11-12-31;/h5-10,14-15,19,23-24H,11-13,16-18H2,1-4H3,(H,32,33,34);5-10,14-15,19,23-24H,11-13,16-18H2,1-4H3;/q;-1;+1/t2*23-;/m11./s1/i2*24D;. The molecule has 4 heterocycles. The number of nitrogens with one attached hydrogen (secondary N) is 1. The van der Waals surface area contributed by atoms with Crippen molar-refractivity contribution in [2.45, 2.75) is 154 Å². The molecule has 6 aliphatic rings. The third-order valence-electron chi connectivity index (χ3n) is 16.5. The van der Waals surface area contributed by atoms with Gasteiger partial charge in [0, 0.05) is 46.4 Å². The first-order chi connectivity index (χ1) is 38.8. The summed E-state index contributed by atoms with van der Waals surface area (Å²) in [6.07, 6.45) is 8.05. The van der Waals surface area contributed by atoms with Crippen molar-refractivity contribution in [1.29, 1.82) is 0 Å². The quantitative estimate of drug-likeness (QED) is 0.142. The second-order valence-corrected chi connectivity index (χ2v) is 27.2. The summed E-state index contributed by atoms with van der Waals surface area (Å²) in [4.78, 5) is 49.4. The van der Waals surface area contributed by atoms with Crippen LogP contribution in [0.2, 0.25) is 0 Å². The van der Waals surface area contributed by atoms with Crippen molar-refractivity contribution in [3.63, 3.8) is 0 Å². The Hall–Kier alpha value is -5.28. The van der Waals surface area contributed by atoms with E-state index in [9.17, 15) is 29.2 Å². The average Bonchev–Trinajstić information content (AvgIpc) is 2.50. The van der Waals surface area contributed by atoms with Gasteiger partial charge in [-0.25, -0.2) is 26.5 Å². The third kappa shape index (κ3) is 12.7. The summed E-state index contributed by atoms with van der Waals surface area (Å²) in [5.74, 6) is -0.238. The average molecular weight is 1160 g/mol. The Morgan fingerprint density at radius 2 is 1.02 bits per heavy atom. The zero-order chi connectivity index (χ0) is 58.3. The number of nitrogens with zero attached hydrogens (tertiary/aromatic N) is 7. The molecule has 0 unspecified atom stereocenters. The number of anilines is 1. The molecule has 0 radical (unpaired) electrons. The largest absolute Gasteiger partial charge is 1.00 e. The molecule has 8 bridgehead atoms. The van der Waals surface area contributed by atoms with Gasteiger partial charge in [0.25, 0.3) is 21.8 Å². The van der Waals surface area contributed by atoms with Gasteiger partial charge in [-0.15, -0.1) is 0 Å². The molecular weight excluding hydrogens is 1090 g/mol. The van der Waals surface area contributed by atoms with Crippen LogP contribution < -0.4 is 65.6 Å². The van der Waals surface area contributed by atoms with E-state index in [4.69, 9.17) is 9.47 Å². The zero-order valence-electron chi connectivity index (χ0n) is 49.7. The van der Waals surface area contributed by atoms with Crippen LogP contribution in [-0.2, 0) is 20.0 Å². The van der Waals surface area contributed by atoms with Gasteiger partial charge in [0.15, 0.2) is 0 Å². The monoisotopic (exact) mass is 1160 g/mol. The first-order valence-electron chi connectivity index (χ1n) is 28.8. The van der Waals surface area contributed by atoms with Crippen LogP contribution in [0.4, 0.5) is 11.9 Å². The second kappa shape index (κ2) is 23.1. The van der Waals surface area contributed by atoms with E-state index in [1.54, 1.807) is 46.2 Å². The molecule has 4 aliphatic carbocycles. The van der Waals surface area contributed by atoms with Crippen molar-refractivity contribution >= 4 is 43.8 Å². The number of hydrogen-bond donors (Lipinski definition) is 1. The van der Waals surface area contributed by atoms with Crippen LogP contribution in [0, 0.1) is 50.4 Å². The summed E-state index contributed by atoms with van der Waals surface area (Å²) in [6.45, 7) is 16.4. The van der Waals surface area contributed by atoms with Crippen molar-refractivity contribution in [2.75, 3.05) is 17.9 Å². The number of carbonyl (C=O) groups excluding carboxylic acids is 2. The molecule has 420 valence electrons. The fourth-order valence-electron chi connectivity index (χ4n) is 12.1. The molecule has 12 rings (SSSR count). The summed E-state index contributed by atoms with van der Waals surface area (Å²) in [5.41, 5.74) is 7.45. The smallest absolute Gasteiger partial charge is 0.488 e. The van der Waals surface area contributed by atoms with Gasteiger partial charge in [-0.3, -0.25) is 14.3 Å². The number of ether oxygens (including phenoxy) is 2. The maximum Gasteiger partial charge on any atom is 1.00 e. The number of fused-ring (bicyclic) bond motifs is 8. The number of benzene rings is 4. The Morgan fingerprint density at radius 3 is 1.48 bits per heavy atom. The van der Waals surface area contributed by atoms with Gasteiger partial charge in [0.2, 0.25) is 21.9 Å². The molecule has 2 spiro atoms. The molecule has 2 amide bonds. The molecule has 0 saturated heterocycles. The molecule has 1 N–H and O–H groups in total. The molecule has 19 heteroatoms. The Labute approximate surface area is 522 Å². The number of carbonyl (C=O) groups is 2. The Bertz CT molecular complexity index is 3470. The Balaban J connectivity index is 0.000000183. The number of rotatable bonds is 8. The van der Waals surface area contributed by atoms with Crippen LogP contribution in [0.5, 0.6) is 11.8 Å². The van der Waals surface area contributed by atoms with E-state index in [1.807, 2.05) is 64.1 Å². The number of aryl methyl sites for hydroxylation is 4. The predicted molar refractivity (Wildman–Crippen MR) is 307 cm³/mol. The molecule has 6 aromatic rings. The van der Waals surface area contributed by atoms with E-state index in [2.05, 4.69) is 57.1 Å². The summed E-state index contributed by atoms with van der Waals surface area (Å²) < 4.78 is 91.8. The van der Waals surface area contributed by atoms with Crippen LogP contribution in [0.1, 0.15) is 138 Å². The number of aromatic nitrogens is 4. The first-order valence-corrected chi connectivity index (χ1v) is 30.7. The Morgan fingerprint density at radius 1 is 0.605 bits per heavy atom. The number of sulfonamides is 2. The van der Waals surface area contributed by atoms with Gasteiger partial charge < -0.3 is 29.2 Å². The van der Waals surface area contributed by atoms with E-state index in [-0.39, 0.29) is 144 Å². The minimum Gasteiger partial charge on any atom is -0.488 e. The Kier molecular flexibility index (Phi) is 16.0. The van der Waals surface area contributed by atoms with Crippen molar-refractivity contribution in [3.05, 3.63) is 135 Å². The van der Waals surface area contributed by atoms with Crippen molar-refractivity contribution in [1.82, 2.24) is 29.7 Å². The maximum absolute atomic E-state index is 14.2. The van der Waals surface area contributed by atoms with Gasteiger partial charge in [-0.1, -0.05) is 76.2 Å². The molecule has 16 nitrogen and oxygen atoms in total. The topological polar surface area (TPSA) is 205 Å². The van der Waals surface area contributed by atoms with E-state index >= 15 is 0 Å². The van der Waals surface area contributed by atoms with Gasteiger partial charge in [-0.2, -0.15) is 4.98 Å². The van der Waals surface area contributed by atoms with E-state index < -0.39 is 44.2 Å². The molecule has 2 atom stereocenters. The molecule has 4 aromatic carbocycles. The van der Waals surface area contributed by atoms with E-state index in [0.29, 0.717) is 49.9 Å². The number of amides is 2. The van der Waals surface area contributed by atoms with Crippen LogP contribution >= 0.6 is 0 Å². The summed E-state index contributed by atoms with van der Waals surface area (Å²) in [5, 5.41) is 0. The maximum atomic E-state index is 14.2. The van der Waals surface area contributed by atoms with Crippen LogP contribution in [0.25, 0.3) is 27.2 Å². The third-order valence-corrected chi connectivity index (χ3v) is 19.1. The van der Waals surface area contributed by atoms with Crippen LogP contribution in [-0.4, -0.2) is 95.7 Å². The minimum atomic E-state index is -4.26. The zero-order valence-corrected chi connectivity index (χ0v) is 52.5. The SMILES string of the molecule is [2H]C1(N2C(=O)c3cccc(c3)S(=O)(=O)Nc3nc(cc(-c4c(C)cccc4C)n3)OC[C@H]2CC(C)C)CC2(CC2)C1.[2H]C1(N2C(=O)c3cccc(c3)S(=O)(=O)[N-]c3nc(cc(-c4c(C)cccc4C)n3)OC[C@H]2CC(C)C)CC2(CC2)C1.[K+]. The second-order valence-electron chi connectivity index (χ2n) is 23.9. The van der Waals surface area contributed by atoms with Crippen molar-refractivity contribution in [2.24, 2.45) is 22.7 Å². The molecule has 4 saturated carbocycles. The minimum absolute atomic E-state index is 0. The summed E-state index contributed by atoms with van der Waals surface area (Å²) in [6, 6.07) is 24.1. The van der Waals surface area contributed by atoms with Gasteiger partial charge in [0.05, 0.1) is 30.3 Å². The van der Waals surface area contributed by atoms with E-state index in [0.717, 1.165) is 59.1 Å². The fraction of sp³-hybridized carbons (Fsp3) is 0.452. The summed E-state index contributed by atoms with van der Waals surface area (Å²) in [7, 11) is -8.40. The molecule has 4 fully saturated rings. The van der Waals surface area contributed by atoms with E-state index in [1.165, 1.54) is 24.3 Å². The van der Waals surface area contributed by atoms with Crippen LogP contribution in [0.15, 0.2) is 107 Å². The predicted octanol–water partition coefficient (Wildman–Crippen LogP) is 9.10. The summed E-state index contributed by atoms with van der Waals surface area (Å²) >= 11 is 0. The number of hydrogen-bond acceptors (Lipinski definition) is 12. The van der Waals surface area contributed by atoms with Crippen LogP contribution in [0.3, 0.4) is 0 Å². The molecule has 2 aromatic heterocycles. The van der Waals surface area contributed by atoms with Gasteiger partial charge in [-0.05, 0) is 185 Å². The first kappa shape index (κ1) is 56.2. The molecule has 81 heavy (non-hydrogen) atoms. The molecular formula is C62H71KN8O8S2. The van der Waals surface area contributed by atoms with Gasteiger partial charge >= 0.3 is 51.4 Å². The van der Waals surface area contributed by atoms with Crippen molar-refractivity contribution < 1.29 is 90.0 Å². The van der Waals surface area contributed by atoms with Crippen molar-refractivity contribution in [3.8, 4) is 34.3 Å². The fourth-order valence-corrected chi connectivity index (χ4v) is 14.0. The molecule has 2 aliphatic heterocycles. The van der Waals surface area contributed by atoms with Gasteiger partial charge in [0.1, 0.15) is 19.1 Å². The normalized spacial score (nSPS) is 23.5.